The van der Waals surface area contributed by atoms with E-state index in [1.165, 1.54) is 6.21 Å². The average Bonchev–Trinajstić information content (AvgIpc) is 2.51. The third kappa shape index (κ3) is 4.33. The van der Waals surface area contributed by atoms with Crippen LogP contribution in [0.4, 0.5) is 0 Å². The number of hydrogen-bond donors (Lipinski definition) is 1. The fourth-order valence-corrected chi connectivity index (χ4v) is 1.93. The SMILES string of the molecule is CCOc1ccc(/C=N/NC(=O)c2ccccc2)cc1Cl. The maximum atomic E-state index is 11.8. The third-order valence-corrected chi connectivity index (χ3v) is 2.97. The molecule has 21 heavy (non-hydrogen) atoms. The van der Waals surface area contributed by atoms with E-state index in [4.69, 9.17) is 16.3 Å². The molecule has 0 saturated carbocycles. The predicted octanol–water partition coefficient (Wildman–Crippen LogP) is 3.50. The molecule has 0 bridgehead atoms. The zero-order valence-corrected chi connectivity index (χ0v) is 12.3. The number of nitrogens with one attached hydrogen (secondary N) is 1. The van der Waals surface area contributed by atoms with Crippen LogP contribution in [0, 0.1) is 0 Å². The first kappa shape index (κ1) is 15.1. The lowest BCUT2D eigenvalue weighted by Gasteiger charge is -2.05. The number of hydrogen-bond acceptors (Lipinski definition) is 3. The molecule has 0 aliphatic heterocycles. The van der Waals surface area contributed by atoms with Crippen LogP contribution in [0.25, 0.3) is 0 Å². The van der Waals surface area contributed by atoms with E-state index in [1.807, 2.05) is 19.1 Å². The fourth-order valence-electron chi connectivity index (χ4n) is 1.69. The Bertz CT molecular complexity index is 642. The third-order valence-electron chi connectivity index (χ3n) is 2.67. The monoisotopic (exact) mass is 302 g/mol. The first-order valence-electron chi connectivity index (χ1n) is 6.51. The minimum absolute atomic E-state index is 0.260. The first-order valence-corrected chi connectivity index (χ1v) is 6.89. The smallest absolute Gasteiger partial charge is 0.271 e. The molecule has 0 aliphatic carbocycles. The molecule has 0 spiro atoms. The van der Waals surface area contributed by atoms with Crippen LogP contribution in [-0.4, -0.2) is 18.7 Å². The summed E-state index contributed by atoms with van der Waals surface area (Å²) in [5.74, 6) is 0.369. The molecule has 0 saturated heterocycles. The van der Waals surface area contributed by atoms with Gasteiger partial charge in [0.15, 0.2) is 0 Å². The fraction of sp³-hybridized carbons (Fsp3) is 0.125. The molecule has 0 radical (unpaired) electrons. The Balaban J connectivity index is 1.98. The lowest BCUT2D eigenvalue weighted by atomic mass is 10.2. The maximum Gasteiger partial charge on any atom is 0.271 e. The molecule has 0 aromatic heterocycles. The summed E-state index contributed by atoms with van der Waals surface area (Å²) in [4.78, 5) is 11.8. The van der Waals surface area contributed by atoms with Crippen molar-refractivity contribution in [2.24, 2.45) is 5.10 Å². The number of hydrazone groups is 1. The van der Waals surface area contributed by atoms with Gasteiger partial charge in [-0.25, -0.2) is 5.43 Å². The van der Waals surface area contributed by atoms with Crippen molar-refractivity contribution in [2.75, 3.05) is 6.61 Å². The number of amides is 1. The van der Waals surface area contributed by atoms with E-state index in [2.05, 4.69) is 10.5 Å². The van der Waals surface area contributed by atoms with E-state index in [1.54, 1.807) is 36.4 Å². The summed E-state index contributed by atoms with van der Waals surface area (Å²) in [6.45, 7) is 2.45. The van der Waals surface area contributed by atoms with Crippen molar-refractivity contribution in [1.82, 2.24) is 5.43 Å². The van der Waals surface area contributed by atoms with Gasteiger partial charge in [-0.1, -0.05) is 29.8 Å². The van der Waals surface area contributed by atoms with E-state index in [0.717, 1.165) is 5.56 Å². The summed E-state index contributed by atoms with van der Waals surface area (Å²) < 4.78 is 5.35. The Morgan fingerprint density at radius 2 is 2.05 bits per heavy atom. The van der Waals surface area contributed by atoms with Crippen molar-refractivity contribution in [3.8, 4) is 5.75 Å². The molecule has 1 N–H and O–H groups in total. The summed E-state index contributed by atoms with van der Waals surface area (Å²) in [5.41, 5.74) is 3.79. The lowest BCUT2D eigenvalue weighted by Crippen LogP contribution is -2.17. The Hall–Kier alpha value is -2.33. The van der Waals surface area contributed by atoms with Crippen LogP contribution in [-0.2, 0) is 0 Å². The van der Waals surface area contributed by atoms with Gasteiger partial charge in [-0.3, -0.25) is 4.79 Å². The van der Waals surface area contributed by atoms with E-state index in [-0.39, 0.29) is 5.91 Å². The van der Waals surface area contributed by atoms with Gasteiger partial charge in [-0.05, 0) is 42.8 Å². The van der Waals surface area contributed by atoms with Gasteiger partial charge < -0.3 is 4.74 Å². The molecule has 2 aromatic carbocycles. The molecule has 1 amide bonds. The second-order valence-corrected chi connectivity index (χ2v) is 4.60. The maximum absolute atomic E-state index is 11.8. The standard InChI is InChI=1S/C16H15ClN2O2/c1-2-21-15-9-8-12(10-14(15)17)11-18-19-16(20)13-6-4-3-5-7-13/h3-11H,2H2,1H3,(H,19,20)/b18-11+. The Morgan fingerprint density at radius 3 is 2.71 bits per heavy atom. The Kier molecular flexibility index (Phi) is 5.35. The number of carbonyl (C=O) groups is 1. The molecule has 0 unspecified atom stereocenters. The highest BCUT2D eigenvalue weighted by Crippen LogP contribution is 2.24. The largest absolute Gasteiger partial charge is 0.492 e. The van der Waals surface area contributed by atoms with Gasteiger partial charge in [0.25, 0.3) is 5.91 Å². The molecule has 0 fully saturated rings. The van der Waals surface area contributed by atoms with E-state index in [0.29, 0.717) is 22.9 Å². The minimum Gasteiger partial charge on any atom is -0.492 e. The summed E-state index contributed by atoms with van der Waals surface area (Å²) >= 11 is 6.07. The van der Waals surface area contributed by atoms with Gasteiger partial charge in [0, 0.05) is 5.56 Å². The van der Waals surface area contributed by atoms with Crippen LogP contribution in [0.2, 0.25) is 5.02 Å². The van der Waals surface area contributed by atoms with Crippen LogP contribution in [0.15, 0.2) is 53.6 Å². The van der Waals surface area contributed by atoms with E-state index >= 15 is 0 Å². The summed E-state index contributed by atoms with van der Waals surface area (Å²) in [5, 5.41) is 4.42. The number of nitrogens with zero attached hydrogens (tertiary/aromatic N) is 1. The molecule has 2 aromatic rings. The summed E-state index contributed by atoms with van der Waals surface area (Å²) in [6.07, 6.45) is 1.53. The van der Waals surface area contributed by atoms with Crippen LogP contribution in [0.1, 0.15) is 22.8 Å². The van der Waals surface area contributed by atoms with Crippen LogP contribution < -0.4 is 10.2 Å². The summed E-state index contributed by atoms with van der Waals surface area (Å²) in [7, 11) is 0. The molecule has 108 valence electrons. The Morgan fingerprint density at radius 1 is 1.29 bits per heavy atom. The molecular weight excluding hydrogens is 288 g/mol. The average molecular weight is 303 g/mol. The van der Waals surface area contributed by atoms with Gasteiger partial charge in [-0.15, -0.1) is 0 Å². The van der Waals surface area contributed by atoms with Crippen molar-refractivity contribution in [2.45, 2.75) is 6.92 Å². The first-order chi connectivity index (χ1) is 10.2. The van der Waals surface area contributed by atoms with Crippen molar-refractivity contribution in [1.29, 1.82) is 0 Å². The number of benzene rings is 2. The zero-order valence-electron chi connectivity index (χ0n) is 11.5. The number of carbonyl (C=O) groups excluding carboxylic acids is 1. The van der Waals surface area contributed by atoms with Crippen LogP contribution in [0.3, 0.4) is 0 Å². The highest BCUT2D eigenvalue weighted by molar-refractivity contribution is 6.32. The Labute approximate surface area is 128 Å². The molecule has 0 heterocycles. The van der Waals surface area contributed by atoms with E-state index < -0.39 is 0 Å². The van der Waals surface area contributed by atoms with Crippen LogP contribution in [0.5, 0.6) is 5.75 Å². The topological polar surface area (TPSA) is 50.7 Å². The second-order valence-electron chi connectivity index (χ2n) is 4.19. The molecule has 0 atom stereocenters. The van der Waals surface area contributed by atoms with Crippen molar-refractivity contribution in [3.05, 3.63) is 64.7 Å². The molecular formula is C16H15ClN2O2. The van der Waals surface area contributed by atoms with Crippen molar-refractivity contribution < 1.29 is 9.53 Å². The quantitative estimate of drug-likeness (QED) is 0.679. The van der Waals surface area contributed by atoms with Gasteiger partial charge in [0.1, 0.15) is 5.75 Å². The van der Waals surface area contributed by atoms with Gasteiger partial charge >= 0.3 is 0 Å². The van der Waals surface area contributed by atoms with Gasteiger partial charge in [0.2, 0.25) is 0 Å². The number of rotatable bonds is 5. The minimum atomic E-state index is -0.260. The van der Waals surface area contributed by atoms with Crippen molar-refractivity contribution in [3.63, 3.8) is 0 Å². The zero-order chi connectivity index (χ0) is 15.1. The molecule has 2 rings (SSSR count). The number of ether oxygens (including phenoxy) is 1. The molecule has 0 aliphatic rings. The molecule has 5 heteroatoms. The highest BCUT2D eigenvalue weighted by Gasteiger charge is 2.03. The second kappa shape index (κ2) is 7.45. The number of halogens is 1. The normalized spacial score (nSPS) is 10.6. The summed E-state index contributed by atoms with van der Waals surface area (Å²) in [6, 6.07) is 14.2. The van der Waals surface area contributed by atoms with Gasteiger partial charge in [0.05, 0.1) is 17.8 Å². The molecule has 4 nitrogen and oxygen atoms in total. The lowest BCUT2D eigenvalue weighted by molar-refractivity contribution is 0.0955. The predicted molar refractivity (Wildman–Crippen MR) is 84.1 cm³/mol. The van der Waals surface area contributed by atoms with Gasteiger partial charge in [-0.2, -0.15) is 5.10 Å². The van der Waals surface area contributed by atoms with Crippen LogP contribution >= 0.6 is 11.6 Å². The van der Waals surface area contributed by atoms with Crippen molar-refractivity contribution >= 4 is 23.7 Å². The van der Waals surface area contributed by atoms with E-state index in [9.17, 15) is 4.79 Å². The highest BCUT2D eigenvalue weighted by atomic mass is 35.5.